The van der Waals surface area contributed by atoms with E-state index in [9.17, 15) is 9.59 Å². The van der Waals surface area contributed by atoms with Crippen LogP contribution >= 0.6 is 0 Å². The van der Waals surface area contributed by atoms with Gasteiger partial charge in [0, 0.05) is 19.3 Å². The lowest BCUT2D eigenvalue weighted by molar-refractivity contribution is -0.148. The zero-order valence-corrected chi connectivity index (χ0v) is 8.63. The van der Waals surface area contributed by atoms with Crippen LogP contribution in [0.1, 0.15) is 0 Å². The molecular formula is C9H14O6. The molecule has 1 atom stereocenters. The van der Waals surface area contributed by atoms with E-state index in [1.807, 2.05) is 0 Å². The smallest absolute Gasteiger partial charge is 0.331 e. The third-order valence-corrected chi connectivity index (χ3v) is 1.40. The Morgan fingerprint density at radius 2 is 1.87 bits per heavy atom. The first-order chi connectivity index (χ1) is 7.13. The van der Waals surface area contributed by atoms with Gasteiger partial charge in [0.25, 0.3) is 0 Å². The van der Waals surface area contributed by atoms with Crippen LogP contribution in [0.15, 0.2) is 12.2 Å². The summed E-state index contributed by atoms with van der Waals surface area (Å²) in [5, 5.41) is 8.76. The van der Waals surface area contributed by atoms with E-state index in [1.165, 1.54) is 14.2 Å². The van der Waals surface area contributed by atoms with Gasteiger partial charge in [-0.1, -0.05) is 0 Å². The summed E-state index contributed by atoms with van der Waals surface area (Å²) in [6.45, 7) is -0.250. The van der Waals surface area contributed by atoms with E-state index in [-0.39, 0.29) is 13.2 Å². The molecule has 0 aromatic rings. The first kappa shape index (κ1) is 13.6. The average molecular weight is 218 g/mol. The third kappa shape index (κ3) is 6.64. The van der Waals surface area contributed by atoms with Gasteiger partial charge < -0.3 is 19.3 Å². The van der Waals surface area contributed by atoms with Crippen LogP contribution in [0.2, 0.25) is 0 Å². The minimum Gasteiger partial charge on any atom is -0.466 e. The van der Waals surface area contributed by atoms with Crippen LogP contribution in [-0.4, -0.2) is 50.6 Å². The number of carbonyl (C=O) groups is 2. The van der Waals surface area contributed by atoms with E-state index < -0.39 is 18.0 Å². The van der Waals surface area contributed by atoms with Gasteiger partial charge in [-0.05, 0) is 0 Å². The van der Waals surface area contributed by atoms with Crippen molar-refractivity contribution < 1.29 is 28.9 Å². The van der Waals surface area contributed by atoms with Gasteiger partial charge in [-0.3, -0.25) is 0 Å². The minimum atomic E-state index is -0.739. The van der Waals surface area contributed by atoms with Gasteiger partial charge in [0.2, 0.25) is 0 Å². The molecule has 6 nitrogen and oxygen atoms in total. The zero-order chi connectivity index (χ0) is 11.7. The highest BCUT2D eigenvalue weighted by Crippen LogP contribution is 1.94. The van der Waals surface area contributed by atoms with E-state index in [2.05, 4.69) is 9.47 Å². The first-order valence-corrected chi connectivity index (χ1v) is 4.20. The number of hydrogen-bond donors (Lipinski definition) is 1. The summed E-state index contributed by atoms with van der Waals surface area (Å²) < 4.78 is 13.7. The van der Waals surface area contributed by atoms with Crippen LogP contribution in [0.4, 0.5) is 0 Å². The molecule has 0 amide bonds. The number of rotatable bonds is 6. The van der Waals surface area contributed by atoms with E-state index >= 15 is 0 Å². The minimum absolute atomic E-state index is 0.0916. The molecule has 1 N–H and O–H groups in total. The topological polar surface area (TPSA) is 82.1 Å². The Labute approximate surface area is 87.4 Å². The standard InChI is InChI=1S/C9H14O6/c1-13-6-7(5-10)15-9(12)4-3-8(11)14-2/h3-4,7,10H,5-6H2,1-2H3/b4-3-. The van der Waals surface area contributed by atoms with Crippen molar-refractivity contribution in [3.05, 3.63) is 12.2 Å². The van der Waals surface area contributed by atoms with Crippen LogP contribution in [-0.2, 0) is 23.8 Å². The number of aliphatic hydroxyl groups is 1. The summed E-state index contributed by atoms with van der Waals surface area (Å²) in [4.78, 5) is 21.6. The van der Waals surface area contributed by atoms with Gasteiger partial charge in [-0.2, -0.15) is 0 Å². The molecule has 0 aromatic heterocycles. The molecule has 1 unspecified atom stereocenters. The Kier molecular flexibility index (Phi) is 7.21. The molecule has 0 spiro atoms. The number of carbonyl (C=O) groups excluding carboxylic acids is 2. The van der Waals surface area contributed by atoms with Crippen molar-refractivity contribution in [2.45, 2.75) is 6.10 Å². The van der Waals surface area contributed by atoms with Crippen LogP contribution in [0.5, 0.6) is 0 Å². The second-order valence-electron chi connectivity index (χ2n) is 2.55. The van der Waals surface area contributed by atoms with Crippen molar-refractivity contribution in [3.8, 4) is 0 Å². The van der Waals surface area contributed by atoms with Crippen molar-refractivity contribution in [1.82, 2.24) is 0 Å². The zero-order valence-electron chi connectivity index (χ0n) is 8.63. The summed E-state index contributed by atoms with van der Waals surface area (Å²) in [6.07, 6.45) is 1.12. The molecule has 0 aliphatic rings. The van der Waals surface area contributed by atoms with Crippen LogP contribution in [0.25, 0.3) is 0 Å². The fourth-order valence-electron chi connectivity index (χ4n) is 0.718. The summed E-state index contributed by atoms with van der Waals surface area (Å²) in [5.41, 5.74) is 0. The number of ether oxygens (including phenoxy) is 3. The van der Waals surface area contributed by atoms with Crippen molar-refractivity contribution >= 4 is 11.9 Å². The monoisotopic (exact) mass is 218 g/mol. The van der Waals surface area contributed by atoms with Crippen molar-refractivity contribution in [2.75, 3.05) is 27.4 Å². The Balaban J connectivity index is 4.00. The molecular weight excluding hydrogens is 204 g/mol. The van der Waals surface area contributed by atoms with Crippen molar-refractivity contribution in [2.24, 2.45) is 0 Å². The highest BCUT2D eigenvalue weighted by atomic mass is 16.6. The van der Waals surface area contributed by atoms with Crippen LogP contribution in [0.3, 0.4) is 0 Å². The van der Waals surface area contributed by atoms with Gasteiger partial charge in [-0.15, -0.1) is 0 Å². The summed E-state index contributed by atoms with van der Waals surface area (Å²) in [6, 6.07) is 0. The van der Waals surface area contributed by atoms with Crippen LogP contribution < -0.4 is 0 Å². The van der Waals surface area contributed by atoms with Gasteiger partial charge in [-0.25, -0.2) is 9.59 Å². The highest BCUT2D eigenvalue weighted by molar-refractivity contribution is 5.91. The molecule has 15 heavy (non-hydrogen) atoms. The molecule has 86 valence electrons. The molecule has 0 aromatic carbocycles. The molecule has 6 heteroatoms. The maximum absolute atomic E-state index is 11.0. The van der Waals surface area contributed by atoms with Crippen molar-refractivity contribution in [3.63, 3.8) is 0 Å². The first-order valence-electron chi connectivity index (χ1n) is 4.20. The van der Waals surface area contributed by atoms with E-state index in [1.54, 1.807) is 0 Å². The van der Waals surface area contributed by atoms with Gasteiger partial charge >= 0.3 is 11.9 Å². The molecule has 0 radical (unpaired) electrons. The van der Waals surface area contributed by atoms with E-state index in [0.717, 1.165) is 12.2 Å². The Bertz CT molecular complexity index is 235. The molecule has 0 aliphatic heterocycles. The number of aliphatic hydroxyl groups excluding tert-OH is 1. The summed E-state index contributed by atoms with van der Waals surface area (Å²) in [7, 11) is 2.61. The van der Waals surface area contributed by atoms with E-state index in [0.29, 0.717) is 0 Å². The quantitative estimate of drug-likeness (QED) is 0.467. The Hall–Kier alpha value is -1.40. The maximum Gasteiger partial charge on any atom is 0.331 e. The molecule has 0 bridgehead atoms. The summed E-state index contributed by atoms with van der Waals surface area (Å²) >= 11 is 0. The summed E-state index contributed by atoms with van der Waals surface area (Å²) in [5.74, 6) is -1.39. The van der Waals surface area contributed by atoms with E-state index in [4.69, 9.17) is 9.84 Å². The Morgan fingerprint density at radius 1 is 1.27 bits per heavy atom. The number of methoxy groups -OCH3 is 2. The molecule has 0 fully saturated rings. The average Bonchev–Trinajstić information content (AvgIpc) is 2.25. The third-order valence-electron chi connectivity index (χ3n) is 1.40. The molecule has 0 heterocycles. The highest BCUT2D eigenvalue weighted by Gasteiger charge is 2.11. The second kappa shape index (κ2) is 7.95. The predicted molar refractivity (Wildman–Crippen MR) is 50.0 cm³/mol. The SMILES string of the molecule is COCC(CO)OC(=O)/C=C\C(=O)OC. The predicted octanol–water partition coefficient (Wildman–Crippen LogP) is -0.734. The normalized spacial score (nSPS) is 12.5. The lowest BCUT2D eigenvalue weighted by Gasteiger charge is -2.12. The maximum atomic E-state index is 11.0. The lowest BCUT2D eigenvalue weighted by atomic mass is 10.4. The fraction of sp³-hybridized carbons (Fsp3) is 0.556. The lowest BCUT2D eigenvalue weighted by Crippen LogP contribution is -2.25. The number of esters is 2. The van der Waals surface area contributed by atoms with Gasteiger partial charge in [0.05, 0.1) is 20.3 Å². The fourth-order valence-corrected chi connectivity index (χ4v) is 0.718. The molecule has 0 rings (SSSR count). The van der Waals surface area contributed by atoms with Crippen molar-refractivity contribution in [1.29, 1.82) is 0 Å². The number of hydrogen-bond acceptors (Lipinski definition) is 6. The Morgan fingerprint density at radius 3 is 2.33 bits per heavy atom. The molecule has 0 saturated carbocycles. The van der Waals surface area contributed by atoms with Gasteiger partial charge in [0.15, 0.2) is 0 Å². The molecule has 0 saturated heterocycles. The largest absolute Gasteiger partial charge is 0.466 e. The second-order valence-corrected chi connectivity index (χ2v) is 2.55. The molecule has 0 aliphatic carbocycles. The van der Waals surface area contributed by atoms with Gasteiger partial charge in [0.1, 0.15) is 6.10 Å². The van der Waals surface area contributed by atoms with Crippen LogP contribution in [0, 0.1) is 0 Å².